The van der Waals surface area contributed by atoms with Crippen molar-refractivity contribution in [1.29, 1.82) is 0 Å². The first-order valence-corrected chi connectivity index (χ1v) is 7.73. The van der Waals surface area contributed by atoms with Crippen LogP contribution in [0.25, 0.3) is 0 Å². The normalized spacial score (nSPS) is 11.3. The molecule has 0 unspecified atom stereocenters. The molecule has 0 spiro atoms. The number of carbonyl (C=O) groups excluding carboxylic acids is 1. The summed E-state index contributed by atoms with van der Waals surface area (Å²) in [5.74, 6) is -0.482. The van der Waals surface area contributed by atoms with Gasteiger partial charge in [0.15, 0.2) is 9.84 Å². The average molecular weight is 311 g/mol. The molecule has 0 saturated carbocycles. The summed E-state index contributed by atoms with van der Waals surface area (Å²) < 4.78 is 22.4. The largest absolute Gasteiger partial charge is 0.351 e. The lowest BCUT2D eigenvalue weighted by Gasteiger charge is -2.05. The molecule has 1 rings (SSSR count). The van der Waals surface area contributed by atoms with Crippen LogP contribution in [0.15, 0.2) is 12.1 Å². The van der Waals surface area contributed by atoms with Crippen LogP contribution in [0.5, 0.6) is 0 Å². The van der Waals surface area contributed by atoms with Crippen LogP contribution in [0.3, 0.4) is 0 Å². The Morgan fingerprint density at radius 2 is 1.89 bits per heavy atom. The summed E-state index contributed by atoms with van der Waals surface area (Å²) in [5.41, 5.74) is 0.244. The van der Waals surface area contributed by atoms with Crippen molar-refractivity contribution < 1.29 is 13.2 Å². The van der Waals surface area contributed by atoms with E-state index in [1.54, 1.807) is 6.92 Å². The summed E-state index contributed by atoms with van der Waals surface area (Å²) in [5, 5.41) is 2.69. The molecule has 0 aliphatic carbocycles. The zero-order chi connectivity index (χ0) is 13.8. The number of hydrogen-bond acceptors (Lipinski definition) is 4. The van der Waals surface area contributed by atoms with E-state index in [4.69, 9.17) is 23.2 Å². The molecule has 0 bridgehead atoms. The van der Waals surface area contributed by atoms with E-state index in [1.165, 1.54) is 12.1 Å². The number of halogens is 2. The third-order valence-electron chi connectivity index (χ3n) is 2.16. The summed E-state index contributed by atoms with van der Waals surface area (Å²) in [6.07, 6.45) is 0. The van der Waals surface area contributed by atoms with Gasteiger partial charge in [0.1, 0.15) is 10.3 Å². The second kappa shape index (κ2) is 6.36. The molecule has 0 aromatic carbocycles. The number of aromatic nitrogens is 1. The first-order valence-electron chi connectivity index (χ1n) is 5.16. The van der Waals surface area contributed by atoms with Crippen molar-refractivity contribution in [1.82, 2.24) is 10.3 Å². The predicted molar refractivity (Wildman–Crippen MR) is 70.9 cm³/mol. The lowest BCUT2D eigenvalue weighted by Crippen LogP contribution is -2.29. The van der Waals surface area contributed by atoms with Gasteiger partial charge in [-0.05, 0) is 12.1 Å². The second-order valence-electron chi connectivity index (χ2n) is 3.49. The van der Waals surface area contributed by atoms with Gasteiger partial charge in [-0.3, -0.25) is 4.79 Å². The van der Waals surface area contributed by atoms with Gasteiger partial charge in [0.05, 0.1) is 5.75 Å². The van der Waals surface area contributed by atoms with E-state index >= 15 is 0 Å². The van der Waals surface area contributed by atoms with Crippen LogP contribution in [0.1, 0.15) is 17.3 Å². The molecule has 0 radical (unpaired) electrons. The number of amides is 1. The van der Waals surface area contributed by atoms with E-state index < -0.39 is 15.7 Å². The van der Waals surface area contributed by atoms with Gasteiger partial charge in [0, 0.05) is 17.9 Å². The number of nitrogens with zero attached hydrogens (tertiary/aromatic N) is 1. The van der Waals surface area contributed by atoms with E-state index in [-0.39, 0.29) is 33.9 Å². The standard InChI is InChI=1S/C10H12Cl2N2O3S/c1-2-18(16,17)4-3-13-10(15)7-5-8(11)14-9(12)6-7/h5-6H,2-4H2,1H3,(H,13,15). The maximum atomic E-state index is 11.7. The Labute approximate surface area is 115 Å². The molecular formula is C10H12Cl2N2O3S. The lowest BCUT2D eigenvalue weighted by molar-refractivity contribution is 0.0956. The summed E-state index contributed by atoms with van der Waals surface area (Å²) in [7, 11) is -3.09. The van der Waals surface area contributed by atoms with Gasteiger partial charge in [-0.2, -0.15) is 0 Å². The van der Waals surface area contributed by atoms with E-state index in [0.717, 1.165) is 0 Å². The topological polar surface area (TPSA) is 76.1 Å². The fraction of sp³-hybridized carbons (Fsp3) is 0.400. The molecule has 1 N–H and O–H groups in total. The minimum atomic E-state index is -3.09. The van der Waals surface area contributed by atoms with Gasteiger partial charge < -0.3 is 5.32 Å². The van der Waals surface area contributed by atoms with Crippen LogP contribution in [0.4, 0.5) is 0 Å². The fourth-order valence-electron chi connectivity index (χ4n) is 1.16. The molecule has 0 saturated heterocycles. The molecule has 100 valence electrons. The minimum Gasteiger partial charge on any atom is -0.351 e. The molecular weight excluding hydrogens is 299 g/mol. The number of pyridine rings is 1. The third-order valence-corrected chi connectivity index (χ3v) is 4.26. The smallest absolute Gasteiger partial charge is 0.251 e. The van der Waals surface area contributed by atoms with Crippen LogP contribution in [0, 0.1) is 0 Å². The van der Waals surface area contributed by atoms with E-state index in [0.29, 0.717) is 0 Å². The average Bonchev–Trinajstić information content (AvgIpc) is 2.27. The summed E-state index contributed by atoms with van der Waals surface area (Å²) in [6, 6.07) is 2.72. The first-order chi connectivity index (χ1) is 8.34. The Bertz CT molecular complexity index is 526. The molecule has 0 fully saturated rings. The van der Waals surface area contributed by atoms with Gasteiger partial charge in [-0.1, -0.05) is 30.1 Å². The van der Waals surface area contributed by atoms with Crippen molar-refractivity contribution in [3.05, 3.63) is 28.0 Å². The number of hydrogen-bond donors (Lipinski definition) is 1. The monoisotopic (exact) mass is 310 g/mol. The van der Waals surface area contributed by atoms with Crippen molar-refractivity contribution in [3.8, 4) is 0 Å². The van der Waals surface area contributed by atoms with Crippen LogP contribution in [0.2, 0.25) is 10.3 Å². The SMILES string of the molecule is CCS(=O)(=O)CCNC(=O)c1cc(Cl)nc(Cl)c1. The van der Waals surface area contributed by atoms with E-state index in [9.17, 15) is 13.2 Å². The number of rotatable bonds is 5. The van der Waals surface area contributed by atoms with Crippen LogP contribution >= 0.6 is 23.2 Å². The van der Waals surface area contributed by atoms with Crippen molar-refractivity contribution >= 4 is 38.9 Å². The van der Waals surface area contributed by atoms with Crippen molar-refractivity contribution in [2.45, 2.75) is 6.92 Å². The predicted octanol–water partition coefficient (Wildman–Crippen LogP) is 1.55. The Hall–Kier alpha value is -0.850. The third kappa shape index (κ3) is 4.80. The Kier molecular flexibility index (Phi) is 5.37. The lowest BCUT2D eigenvalue weighted by atomic mass is 10.2. The second-order valence-corrected chi connectivity index (χ2v) is 6.74. The van der Waals surface area contributed by atoms with Gasteiger partial charge in [-0.25, -0.2) is 13.4 Å². The molecule has 1 heterocycles. The molecule has 0 aliphatic rings. The zero-order valence-electron chi connectivity index (χ0n) is 9.61. The van der Waals surface area contributed by atoms with Gasteiger partial charge in [0.25, 0.3) is 5.91 Å². The Morgan fingerprint density at radius 3 is 2.39 bits per heavy atom. The van der Waals surface area contributed by atoms with Gasteiger partial charge in [0.2, 0.25) is 0 Å². The number of nitrogens with one attached hydrogen (secondary N) is 1. The highest BCUT2D eigenvalue weighted by atomic mass is 35.5. The van der Waals surface area contributed by atoms with E-state index in [2.05, 4.69) is 10.3 Å². The Balaban J connectivity index is 2.61. The summed E-state index contributed by atoms with van der Waals surface area (Å²) >= 11 is 11.3. The molecule has 18 heavy (non-hydrogen) atoms. The molecule has 1 aromatic rings. The van der Waals surface area contributed by atoms with Gasteiger partial charge in [-0.15, -0.1) is 0 Å². The van der Waals surface area contributed by atoms with Crippen LogP contribution in [-0.4, -0.2) is 37.4 Å². The highest BCUT2D eigenvalue weighted by Crippen LogP contribution is 2.14. The molecule has 1 aromatic heterocycles. The maximum absolute atomic E-state index is 11.7. The van der Waals surface area contributed by atoms with Crippen molar-refractivity contribution in [2.75, 3.05) is 18.1 Å². The molecule has 1 amide bonds. The minimum absolute atomic E-state index is 0.0482. The van der Waals surface area contributed by atoms with E-state index in [1.807, 2.05) is 0 Å². The van der Waals surface area contributed by atoms with Gasteiger partial charge >= 0.3 is 0 Å². The van der Waals surface area contributed by atoms with Crippen LogP contribution in [-0.2, 0) is 9.84 Å². The first kappa shape index (κ1) is 15.2. The van der Waals surface area contributed by atoms with Crippen molar-refractivity contribution in [3.63, 3.8) is 0 Å². The molecule has 0 aliphatic heterocycles. The Morgan fingerprint density at radius 1 is 1.33 bits per heavy atom. The molecule has 5 nitrogen and oxygen atoms in total. The zero-order valence-corrected chi connectivity index (χ0v) is 11.9. The molecule has 0 atom stereocenters. The van der Waals surface area contributed by atoms with Crippen LogP contribution < -0.4 is 5.32 Å². The maximum Gasteiger partial charge on any atom is 0.251 e. The number of carbonyl (C=O) groups is 1. The summed E-state index contributed by atoms with van der Waals surface area (Å²) in [4.78, 5) is 15.4. The summed E-state index contributed by atoms with van der Waals surface area (Å²) in [6.45, 7) is 1.60. The number of sulfone groups is 1. The highest BCUT2D eigenvalue weighted by molar-refractivity contribution is 7.91. The quantitative estimate of drug-likeness (QED) is 0.837. The molecule has 8 heteroatoms. The highest BCUT2D eigenvalue weighted by Gasteiger charge is 2.11. The fourth-order valence-corrected chi connectivity index (χ4v) is 2.32. The van der Waals surface area contributed by atoms with Crippen molar-refractivity contribution in [2.24, 2.45) is 0 Å².